The molecule has 0 atom stereocenters. The van der Waals surface area contributed by atoms with Gasteiger partial charge >= 0.3 is 12.4 Å². The van der Waals surface area contributed by atoms with Crippen LogP contribution >= 0.6 is 0 Å². The monoisotopic (exact) mass is 482 g/mol. The fourth-order valence-electron chi connectivity index (χ4n) is 3.60. The summed E-state index contributed by atoms with van der Waals surface area (Å²) in [5.74, 6) is -2.34. The number of ketones is 1. The van der Waals surface area contributed by atoms with Gasteiger partial charge in [0.1, 0.15) is 5.82 Å². The molecule has 0 unspecified atom stereocenters. The predicted octanol–water partition coefficient (Wildman–Crippen LogP) is 6.08. The first-order chi connectivity index (χ1) is 14.7. The van der Waals surface area contributed by atoms with Crippen molar-refractivity contribution in [1.29, 1.82) is 0 Å². The summed E-state index contributed by atoms with van der Waals surface area (Å²) in [4.78, 5) is 11.8. The Bertz CT molecular complexity index is 1110. The molecule has 174 valence electrons. The second-order valence-electron chi connectivity index (χ2n) is 7.68. The fraction of sp³-hybridized carbons (Fsp3) is 0.381. The topological polar surface area (TPSA) is 51.2 Å². The van der Waals surface area contributed by atoms with Gasteiger partial charge in [0.25, 0.3) is 0 Å². The zero-order valence-corrected chi connectivity index (χ0v) is 17.1. The largest absolute Gasteiger partial charge is 0.419 e. The molecule has 0 amide bonds. The molecule has 1 saturated carbocycles. The predicted molar refractivity (Wildman–Crippen MR) is 100 cm³/mol. The van der Waals surface area contributed by atoms with Crippen LogP contribution in [0.5, 0.6) is 0 Å². The van der Waals surface area contributed by atoms with Crippen LogP contribution in [0.4, 0.5) is 30.7 Å². The molecule has 2 aromatic rings. The van der Waals surface area contributed by atoms with Crippen LogP contribution in [-0.4, -0.2) is 19.5 Å². The highest BCUT2D eigenvalue weighted by Gasteiger charge is 2.41. The van der Waals surface area contributed by atoms with Crippen molar-refractivity contribution in [3.8, 4) is 0 Å². The molecular formula is C21H17F7O3S. The lowest BCUT2D eigenvalue weighted by Crippen LogP contribution is -2.36. The molecule has 0 spiro atoms. The summed E-state index contributed by atoms with van der Waals surface area (Å²) >= 11 is 0. The van der Waals surface area contributed by atoms with E-state index >= 15 is 0 Å². The lowest BCUT2D eigenvalue weighted by atomic mass is 9.80. The Morgan fingerprint density at radius 2 is 1.59 bits per heavy atom. The van der Waals surface area contributed by atoms with Crippen molar-refractivity contribution in [3.63, 3.8) is 0 Å². The maximum Gasteiger partial charge on any atom is 0.419 e. The van der Waals surface area contributed by atoms with Crippen LogP contribution in [0.2, 0.25) is 0 Å². The zero-order chi connectivity index (χ0) is 23.9. The summed E-state index contributed by atoms with van der Waals surface area (Å²) in [7, 11) is -3.99. The van der Waals surface area contributed by atoms with Gasteiger partial charge in [-0.2, -0.15) is 26.3 Å². The number of Topliss-reactive ketones (excluding diaryl/α,β-unsaturated/α-hetero) is 1. The molecule has 3 nitrogen and oxygen atoms in total. The highest BCUT2D eigenvalue weighted by molar-refractivity contribution is 7.92. The number of rotatable bonds is 6. The first kappa shape index (κ1) is 24.2. The Morgan fingerprint density at radius 1 is 0.938 bits per heavy atom. The van der Waals surface area contributed by atoms with Gasteiger partial charge in [-0.1, -0.05) is 6.07 Å². The lowest BCUT2D eigenvalue weighted by Gasteiger charge is -2.34. The first-order valence-electron chi connectivity index (χ1n) is 9.50. The number of hydrogen-bond acceptors (Lipinski definition) is 3. The van der Waals surface area contributed by atoms with Gasteiger partial charge in [-0.05, 0) is 61.6 Å². The van der Waals surface area contributed by atoms with E-state index in [1.807, 2.05) is 0 Å². The van der Waals surface area contributed by atoms with E-state index in [4.69, 9.17) is 0 Å². The third-order valence-corrected chi connectivity index (χ3v) is 7.67. The van der Waals surface area contributed by atoms with Gasteiger partial charge in [0.15, 0.2) is 15.6 Å². The summed E-state index contributed by atoms with van der Waals surface area (Å²) in [6.45, 7) is 0. The minimum Gasteiger partial charge on any atom is -0.294 e. The van der Waals surface area contributed by atoms with Crippen LogP contribution in [-0.2, 0) is 22.2 Å². The lowest BCUT2D eigenvalue weighted by molar-refractivity contribution is -0.140. The minimum absolute atomic E-state index is 0.128. The molecule has 0 heterocycles. The molecule has 3 rings (SSSR count). The smallest absolute Gasteiger partial charge is 0.294 e. The Kier molecular flexibility index (Phi) is 6.43. The van der Waals surface area contributed by atoms with Crippen LogP contribution in [0, 0.1) is 11.7 Å². The quantitative estimate of drug-likeness (QED) is 0.371. The molecule has 2 aromatic carbocycles. The molecule has 0 bridgehead atoms. The van der Waals surface area contributed by atoms with E-state index in [1.165, 1.54) is 0 Å². The number of hydrogen-bond donors (Lipinski definition) is 0. The number of benzene rings is 2. The standard InChI is InChI=1S/C21H17F7O3S/c22-18-6-5-13(10-17(18)21(26,27)28)19(29)7-4-12-8-16(9-12)32(30,31)15-3-1-2-14(11-15)20(23,24)25/h1-3,5-6,10-12,16H,4,7-9H2. The van der Waals surface area contributed by atoms with E-state index < -0.39 is 55.1 Å². The molecule has 1 aliphatic carbocycles. The van der Waals surface area contributed by atoms with Crippen molar-refractivity contribution in [2.24, 2.45) is 5.92 Å². The molecule has 0 saturated heterocycles. The van der Waals surface area contributed by atoms with E-state index in [-0.39, 0.29) is 37.2 Å². The fourth-order valence-corrected chi connectivity index (χ4v) is 5.60. The molecular weight excluding hydrogens is 465 g/mol. The first-order valence-corrected chi connectivity index (χ1v) is 11.1. The second-order valence-corrected chi connectivity index (χ2v) is 9.91. The molecule has 0 aliphatic heterocycles. The van der Waals surface area contributed by atoms with Crippen molar-refractivity contribution in [2.75, 3.05) is 0 Å². The Labute approximate surface area is 179 Å². The summed E-state index contributed by atoms with van der Waals surface area (Å²) < 4.78 is 115. The number of alkyl halides is 6. The van der Waals surface area contributed by atoms with Gasteiger partial charge in [0.2, 0.25) is 0 Å². The van der Waals surface area contributed by atoms with Crippen molar-refractivity contribution in [3.05, 3.63) is 65.0 Å². The van der Waals surface area contributed by atoms with E-state index in [2.05, 4.69) is 0 Å². The second kappa shape index (κ2) is 8.49. The van der Waals surface area contributed by atoms with Crippen LogP contribution in [0.3, 0.4) is 0 Å². The average Bonchev–Trinajstić information content (AvgIpc) is 2.65. The summed E-state index contributed by atoms with van der Waals surface area (Å²) in [6.07, 6.45) is -9.33. The number of halogens is 7. The van der Waals surface area contributed by atoms with Gasteiger partial charge in [-0.25, -0.2) is 12.8 Å². The Balaban J connectivity index is 1.60. The molecule has 0 aromatic heterocycles. The Hall–Kier alpha value is -2.43. The maximum absolute atomic E-state index is 13.3. The highest BCUT2D eigenvalue weighted by atomic mass is 32.2. The molecule has 1 fully saturated rings. The van der Waals surface area contributed by atoms with Gasteiger partial charge in [0.05, 0.1) is 21.3 Å². The van der Waals surface area contributed by atoms with Gasteiger partial charge in [0, 0.05) is 12.0 Å². The summed E-state index contributed by atoms with van der Waals surface area (Å²) in [5.41, 5.74) is -2.91. The van der Waals surface area contributed by atoms with Crippen LogP contribution < -0.4 is 0 Å². The Morgan fingerprint density at radius 3 is 2.19 bits per heavy atom. The van der Waals surface area contributed by atoms with Crippen molar-refractivity contribution in [1.82, 2.24) is 0 Å². The summed E-state index contributed by atoms with van der Waals surface area (Å²) in [6, 6.07) is 5.43. The van der Waals surface area contributed by atoms with Crippen molar-refractivity contribution < 1.29 is 43.9 Å². The van der Waals surface area contributed by atoms with Gasteiger partial charge < -0.3 is 0 Å². The maximum atomic E-state index is 13.3. The van der Waals surface area contributed by atoms with Gasteiger partial charge in [-0.3, -0.25) is 4.79 Å². The average molecular weight is 482 g/mol. The molecule has 1 aliphatic rings. The van der Waals surface area contributed by atoms with Crippen molar-refractivity contribution >= 4 is 15.6 Å². The number of carbonyl (C=O) groups is 1. The number of sulfone groups is 1. The zero-order valence-electron chi connectivity index (χ0n) is 16.3. The minimum atomic E-state index is -4.95. The van der Waals surface area contributed by atoms with E-state index in [9.17, 15) is 43.9 Å². The summed E-state index contributed by atoms with van der Waals surface area (Å²) in [5, 5.41) is -0.895. The highest BCUT2D eigenvalue weighted by Crippen LogP contribution is 2.40. The molecule has 0 radical (unpaired) electrons. The van der Waals surface area contributed by atoms with E-state index in [1.54, 1.807) is 0 Å². The number of carbonyl (C=O) groups excluding carboxylic acids is 1. The van der Waals surface area contributed by atoms with Crippen molar-refractivity contribution in [2.45, 2.75) is 48.2 Å². The molecule has 11 heteroatoms. The SMILES string of the molecule is O=C(CCC1CC(S(=O)(=O)c2cccc(C(F)(F)F)c2)C1)c1ccc(F)c(C(F)(F)F)c1. The molecule has 0 N–H and O–H groups in total. The van der Waals surface area contributed by atoms with Crippen LogP contribution in [0.25, 0.3) is 0 Å². The third kappa shape index (κ3) is 5.13. The van der Waals surface area contributed by atoms with Gasteiger partial charge in [-0.15, -0.1) is 0 Å². The van der Waals surface area contributed by atoms with E-state index in [0.29, 0.717) is 18.2 Å². The van der Waals surface area contributed by atoms with Crippen LogP contribution in [0.15, 0.2) is 47.4 Å². The van der Waals surface area contributed by atoms with E-state index in [0.717, 1.165) is 24.3 Å². The molecule has 32 heavy (non-hydrogen) atoms. The van der Waals surface area contributed by atoms with Crippen LogP contribution in [0.1, 0.15) is 47.2 Å². The third-order valence-electron chi connectivity index (χ3n) is 5.49. The normalized spacial score (nSPS) is 19.5.